The molecule has 32 heavy (non-hydrogen) atoms. The summed E-state index contributed by atoms with van der Waals surface area (Å²) in [5.41, 5.74) is -1.90. The highest BCUT2D eigenvalue weighted by Gasteiger charge is 2.34. The first-order valence-corrected chi connectivity index (χ1v) is 9.23. The Balaban J connectivity index is 1.83. The Morgan fingerprint density at radius 3 is 2.19 bits per heavy atom. The molecule has 4 aromatic rings. The van der Waals surface area contributed by atoms with Gasteiger partial charge in [0.05, 0.1) is 11.1 Å². The minimum atomic E-state index is -4.65. The number of rotatable bonds is 3. The first kappa shape index (κ1) is 21.6. The Labute approximate surface area is 177 Å². The van der Waals surface area contributed by atoms with Crippen LogP contribution in [-0.2, 0) is 12.4 Å². The van der Waals surface area contributed by atoms with Gasteiger partial charge in [-0.25, -0.2) is 9.37 Å². The monoisotopic (exact) mass is 450 g/mol. The van der Waals surface area contributed by atoms with Crippen LogP contribution in [0.2, 0.25) is 0 Å². The molecule has 0 bridgehead atoms. The summed E-state index contributed by atoms with van der Waals surface area (Å²) in [6, 6.07) is 12.8. The second kappa shape index (κ2) is 7.81. The fraction of sp³-hybridized carbons (Fsp3) is 0.0870. The van der Waals surface area contributed by atoms with Crippen molar-refractivity contribution in [3.05, 3.63) is 96.1 Å². The summed E-state index contributed by atoms with van der Waals surface area (Å²) in [4.78, 5) is 4.04. The molecule has 2 nitrogen and oxygen atoms in total. The molecule has 0 unspecified atom stereocenters. The van der Waals surface area contributed by atoms with E-state index < -0.39 is 29.3 Å². The fourth-order valence-electron chi connectivity index (χ4n) is 3.38. The Morgan fingerprint density at radius 1 is 0.719 bits per heavy atom. The van der Waals surface area contributed by atoms with E-state index in [-0.39, 0.29) is 22.5 Å². The van der Waals surface area contributed by atoms with Gasteiger partial charge in [0.1, 0.15) is 11.6 Å². The number of alkyl halides is 6. The molecule has 0 N–H and O–H groups in total. The third-order valence-corrected chi connectivity index (χ3v) is 4.84. The van der Waals surface area contributed by atoms with Gasteiger partial charge in [0.2, 0.25) is 0 Å². The molecule has 0 aliphatic carbocycles. The smallest absolute Gasteiger partial charge is 0.300 e. The zero-order valence-corrected chi connectivity index (χ0v) is 16.0. The highest BCUT2D eigenvalue weighted by molar-refractivity contribution is 5.69. The van der Waals surface area contributed by atoms with Gasteiger partial charge in [-0.15, -0.1) is 0 Å². The van der Waals surface area contributed by atoms with Gasteiger partial charge in [-0.05, 0) is 42.0 Å². The maximum atomic E-state index is 14.3. The van der Waals surface area contributed by atoms with E-state index in [0.717, 1.165) is 12.1 Å². The summed E-state index contributed by atoms with van der Waals surface area (Å²) in [6.07, 6.45) is -6.54. The zero-order chi connectivity index (χ0) is 23.1. The summed E-state index contributed by atoms with van der Waals surface area (Å²) in [5.74, 6) is -0.872. The molecule has 0 aliphatic rings. The van der Waals surface area contributed by atoms with Gasteiger partial charge in [-0.1, -0.05) is 30.3 Å². The molecule has 4 rings (SSSR count). The quantitative estimate of drug-likeness (QED) is 0.298. The largest absolute Gasteiger partial charge is 0.417 e. The Morgan fingerprint density at radius 2 is 1.47 bits per heavy atom. The van der Waals surface area contributed by atoms with E-state index >= 15 is 0 Å². The van der Waals surface area contributed by atoms with Crippen LogP contribution in [0.25, 0.3) is 28.2 Å². The van der Waals surface area contributed by atoms with Gasteiger partial charge < -0.3 is 0 Å². The normalized spacial score (nSPS) is 12.2. The molecule has 1 aromatic heterocycles. The Kier molecular flexibility index (Phi) is 5.28. The van der Waals surface area contributed by atoms with Gasteiger partial charge in [-0.2, -0.15) is 26.3 Å². The van der Waals surface area contributed by atoms with Crippen molar-refractivity contribution >= 4 is 0 Å². The zero-order valence-electron chi connectivity index (χ0n) is 16.0. The van der Waals surface area contributed by atoms with E-state index in [0.29, 0.717) is 17.8 Å². The van der Waals surface area contributed by atoms with Crippen molar-refractivity contribution in [2.24, 2.45) is 0 Å². The van der Waals surface area contributed by atoms with Crippen molar-refractivity contribution < 1.29 is 30.7 Å². The van der Waals surface area contributed by atoms with Crippen molar-refractivity contribution in [3.8, 4) is 28.2 Å². The highest BCUT2D eigenvalue weighted by atomic mass is 19.4. The number of benzene rings is 3. The van der Waals surface area contributed by atoms with Crippen molar-refractivity contribution in [3.63, 3.8) is 0 Å². The average Bonchev–Trinajstić information content (AvgIpc) is 3.22. The van der Waals surface area contributed by atoms with E-state index in [4.69, 9.17) is 0 Å². The van der Waals surface area contributed by atoms with Gasteiger partial charge in [0.15, 0.2) is 0 Å². The lowest BCUT2D eigenvalue weighted by atomic mass is 10.0. The minimum absolute atomic E-state index is 0.0143. The van der Waals surface area contributed by atoms with Crippen LogP contribution in [0.4, 0.5) is 30.7 Å². The second-order valence-corrected chi connectivity index (χ2v) is 6.91. The predicted molar refractivity (Wildman–Crippen MR) is 104 cm³/mol. The predicted octanol–water partition coefficient (Wildman–Crippen LogP) is 7.38. The second-order valence-electron chi connectivity index (χ2n) is 6.91. The number of nitrogens with zero attached hydrogens (tertiary/aromatic N) is 2. The van der Waals surface area contributed by atoms with Crippen LogP contribution in [-0.4, -0.2) is 9.55 Å². The van der Waals surface area contributed by atoms with Crippen molar-refractivity contribution in [2.75, 3.05) is 0 Å². The molecule has 164 valence electrons. The first-order valence-electron chi connectivity index (χ1n) is 9.23. The van der Waals surface area contributed by atoms with Crippen LogP contribution in [0.3, 0.4) is 0 Å². The van der Waals surface area contributed by atoms with Crippen molar-refractivity contribution in [1.82, 2.24) is 9.55 Å². The molecule has 0 spiro atoms. The molecular formula is C23H13F7N2. The van der Waals surface area contributed by atoms with E-state index in [1.165, 1.54) is 59.4 Å². The summed E-state index contributed by atoms with van der Waals surface area (Å²) < 4.78 is 95.3. The van der Waals surface area contributed by atoms with Gasteiger partial charge in [0, 0.05) is 29.2 Å². The standard InChI is InChI=1S/C23H13F7N2/c24-20-9-8-15(22(25,26)27)13-18(20)14-4-3-5-16(12-14)32-11-10-31-21(32)17-6-1-2-7-19(17)23(28,29)30/h1-13H. The maximum absolute atomic E-state index is 14.3. The molecule has 0 atom stereocenters. The van der Waals surface area contributed by atoms with Gasteiger partial charge in [-0.3, -0.25) is 4.57 Å². The average molecular weight is 450 g/mol. The fourth-order valence-corrected chi connectivity index (χ4v) is 3.38. The number of hydrogen-bond acceptors (Lipinski definition) is 1. The van der Waals surface area contributed by atoms with E-state index in [9.17, 15) is 30.7 Å². The molecule has 0 aliphatic heterocycles. The summed E-state index contributed by atoms with van der Waals surface area (Å²) in [6.45, 7) is 0. The van der Waals surface area contributed by atoms with Crippen LogP contribution in [0, 0.1) is 5.82 Å². The van der Waals surface area contributed by atoms with Crippen LogP contribution in [0.15, 0.2) is 79.1 Å². The van der Waals surface area contributed by atoms with Crippen LogP contribution >= 0.6 is 0 Å². The third-order valence-electron chi connectivity index (χ3n) is 4.84. The van der Waals surface area contributed by atoms with Gasteiger partial charge in [0.25, 0.3) is 0 Å². The summed E-state index contributed by atoms with van der Waals surface area (Å²) in [5, 5.41) is 0. The number of hydrogen-bond donors (Lipinski definition) is 0. The molecule has 3 aromatic carbocycles. The lowest BCUT2D eigenvalue weighted by Gasteiger charge is -2.15. The van der Waals surface area contributed by atoms with Gasteiger partial charge >= 0.3 is 12.4 Å². The Hall–Kier alpha value is -3.62. The summed E-state index contributed by atoms with van der Waals surface area (Å²) >= 11 is 0. The lowest BCUT2D eigenvalue weighted by Crippen LogP contribution is -2.09. The van der Waals surface area contributed by atoms with E-state index in [2.05, 4.69) is 4.98 Å². The van der Waals surface area contributed by atoms with E-state index in [1.807, 2.05) is 0 Å². The van der Waals surface area contributed by atoms with Crippen LogP contribution in [0.1, 0.15) is 11.1 Å². The maximum Gasteiger partial charge on any atom is 0.417 e. The molecule has 0 saturated carbocycles. The number of halogens is 7. The van der Waals surface area contributed by atoms with Crippen molar-refractivity contribution in [2.45, 2.75) is 12.4 Å². The lowest BCUT2D eigenvalue weighted by molar-refractivity contribution is -0.138. The van der Waals surface area contributed by atoms with Crippen LogP contribution in [0.5, 0.6) is 0 Å². The highest BCUT2D eigenvalue weighted by Crippen LogP contribution is 2.38. The third kappa shape index (κ3) is 4.10. The number of imidazole rings is 1. The SMILES string of the molecule is Fc1ccc(C(F)(F)F)cc1-c1cccc(-n2ccnc2-c2ccccc2C(F)(F)F)c1. The van der Waals surface area contributed by atoms with Crippen LogP contribution < -0.4 is 0 Å². The number of aromatic nitrogens is 2. The molecule has 0 saturated heterocycles. The summed E-state index contributed by atoms with van der Waals surface area (Å²) in [7, 11) is 0. The molecule has 0 amide bonds. The first-order chi connectivity index (χ1) is 15.1. The molecule has 1 heterocycles. The minimum Gasteiger partial charge on any atom is -0.300 e. The van der Waals surface area contributed by atoms with E-state index in [1.54, 1.807) is 0 Å². The molecular weight excluding hydrogens is 437 g/mol. The molecule has 0 radical (unpaired) electrons. The molecule has 0 fully saturated rings. The topological polar surface area (TPSA) is 17.8 Å². The van der Waals surface area contributed by atoms with Crippen molar-refractivity contribution in [1.29, 1.82) is 0 Å². The molecule has 9 heteroatoms. The Bertz CT molecular complexity index is 1270.